The summed E-state index contributed by atoms with van der Waals surface area (Å²) >= 11 is 0. The number of rotatable bonds is 3. The molecule has 1 aromatic rings. The second-order valence-electron chi connectivity index (χ2n) is 5.78. The van der Waals surface area contributed by atoms with E-state index >= 15 is 0 Å². The molecule has 0 saturated carbocycles. The van der Waals surface area contributed by atoms with Crippen LogP contribution in [0, 0.1) is 13.8 Å². The maximum absolute atomic E-state index is 12.3. The zero-order valence-electron chi connectivity index (χ0n) is 12.4. The maximum Gasteiger partial charge on any atom is 0.244 e. The largest absolute Gasteiger partial charge is 0.341 e. The molecule has 0 spiro atoms. The summed E-state index contributed by atoms with van der Waals surface area (Å²) in [6, 6.07) is 2.00. The number of likely N-dealkylation sites (tertiary alicyclic amines) is 1. The quantitative estimate of drug-likeness (QED) is 0.889. The van der Waals surface area contributed by atoms with Crippen LogP contribution >= 0.6 is 0 Å². The average Bonchev–Trinajstić information content (AvgIpc) is 2.68. The molecule has 1 aromatic heterocycles. The highest BCUT2D eigenvalue weighted by atomic mass is 16.2. The second kappa shape index (κ2) is 5.33. The van der Waals surface area contributed by atoms with Crippen LogP contribution in [0.5, 0.6) is 0 Å². The minimum atomic E-state index is 0.171. The van der Waals surface area contributed by atoms with Crippen LogP contribution < -0.4 is 5.32 Å². The lowest BCUT2D eigenvalue weighted by atomic mass is 9.90. The molecule has 1 fully saturated rings. The van der Waals surface area contributed by atoms with E-state index < -0.39 is 0 Å². The molecule has 2 heterocycles. The van der Waals surface area contributed by atoms with Gasteiger partial charge in [-0.2, -0.15) is 5.10 Å². The molecule has 1 saturated heterocycles. The van der Waals surface area contributed by atoms with Crippen molar-refractivity contribution in [3.05, 3.63) is 17.5 Å². The highest BCUT2D eigenvalue weighted by molar-refractivity contribution is 5.76. The molecule has 106 valence electrons. The van der Waals surface area contributed by atoms with Gasteiger partial charge in [-0.05, 0) is 46.7 Å². The lowest BCUT2D eigenvalue weighted by Crippen LogP contribution is -2.51. The first-order valence-electron chi connectivity index (χ1n) is 6.91. The number of nitrogens with zero attached hydrogens (tertiary/aromatic N) is 3. The molecule has 1 amide bonds. The molecule has 1 aliphatic heterocycles. The van der Waals surface area contributed by atoms with Crippen LogP contribution in [0.25, 0.3) is 0 Å². The Bertz CT molecular complexity index is 458. The minimum absolute atomic E-state index is 0.171. The topological polar surface area (TPSA) is 50.2 Å². The maximum atomic E-state index is 12.3. The third-order valence-electron chi connectivity index (χ3n) is 4.21. The van der Waals surface area contributed by atoms with E-state index in [2.05, 4.69) is 17.3 Å². The molecule has 0 atom stereocenters. The van der Waals surface area contributed by atoms with Crippen LogP contribution in [0.1, 0.15) is 31.2 Å². The Balaban J connectivity index is 1.93. The van der Waals surface area contributed by atoms with Gasteiger partial charge < -0.3 is 10.2 Å². The first-order valence-corrected chi connectivity index (χ1v) is 6.91. The third-order valence-corrected chi connectivity index (χ3v) is 4.21. The van der Waals surface area contributed by atoms with Crippen LogP contribution in [0.4, 0.5) is 0 Å². The van der Waals surface area contributed by atoms with Crippen molar-refractivity contribution < 1.29 is 4.79 Å². The number of aryl methyl sites for hydroxylation is 2. The summed E-state index contributed by atoms with van der Waals surface area (Å²) < 4.78 is 1.80. The van der Waals surface area contributed by atoms with Gasteiger partial charge in [0.1, 0.15) is 6.54 Å². The van der Waals surface area contributed by atoms with Crippen molar-refractivity contribution >= 4 is 5.91 Å². The summed E-state index contributed by atoms with van der Waals surface area (Å²) in [7, 11) is 1.99. The lowest BCUT2D eigenvalue weighted by molar-refractivity contribution is -0.133. The summed E-state index contributed by atoms with van der Waals surface area (Å²) in [6.45, 7) is 8.17. The van der Waals surface area contributed by atoms with Crippen molar-refractivity contribution in [2.24, 2.45) is 0 Å². The average molecular weight is 264 g/mol. The van der Waals surface area contributed by atoms with Gasteiger partial charge >= 0.3 is 0 Å². The summed E-state index contributed by atoms with van der Waals surface area (Å²) in [5, 5.41) is 7.69. The number of hydrogen-bond donors (Lipinski definition) is 1. The van der Waals surface area contributed by atoms with Gasteiger partial charge in [0.25, 0.3) is 0 Å². The van der Waals surface area contributed by atoms with Crippen molar-refractivity contribution in [1.29, 1.82) is 0 Å². The van der Waals surface area contributed by atoms with Gasteiger partial charge in [-0.3, -0.25) is 9.48 Å². The van der Waals surface area contributed by atoms with Crippen molar-refractivity contribution in [2.75, 3.05) is 20.1 Å². The Morgan fingerprint density at radius 2 is 2.05 bits per heavy atom. The van der Waals surface area contributed by atoms with Gasteiger partial charge in [0.05, 0.1) is 5.69 Å². The number of nitrogens with one attached hydrogen (secondary N) is 1. The summed E-state index contributed by atoms with van der Waals surface area (Å²) in [4.78, 5) is 14.2. The number of piperidine rings is 1. The van der Waals surface area contributed by atoms with E-state index in [0.29, 0.717) is 6.54 Å². The van der Waals surface area contributed by atoms with Crippen LogP contribution in [0.15, 0.2) is 6.07 Å². The molecule has 5 heteroatoms. The summed E-state index contributed by atoms with van der Waals surface area (Å²) in [6.07, 6.45) is 2.01. The number of carbonyl (C=O) groups excluding carboxylic acids is 1. The predicted molar refractivity (Wildman–Crippen MR) is 75.0 cm³/mol. The van der Waals surface area contributed by atoms with Crippen LogP contribution in [-0.2, 0) is 11.3 Å². The van der Waals surface area contributed by atoms with Gasteiger partial charge in [-0.15, -0.1) is 0 Å². The van der Waals surface area contributed by atoms with E-state index in [1.54, 1.807) is 4.68 Å². The monoisotopic (exact) mass is 264 g/mol. The molecule has 19 heavy (non-hydrogen) atoms. The molecule has 0 aromatic carbocycles. The van der Waals surface area contributed by atoms with Crippen molar-refractivity contribution in [3.8, 4) is 0 Å². The lowest BCUT2D eigenvalue weighted by Gasteiger charge is -2.39. The standard InChI is InChI=1S/C14H24N4O/c1-11-9-12(2)18(16-11)10-13(19)17-7-5-14(3,15-4)6-8-17/h9,15H,5-8,10H2,1-4H3. The zero-order chi connectivity index (χ0) is 14.0. The van der Waals surface area contributed by atoms with Crippen molar-refractivity contribution in [1.82, 2.24) is 20.0 Å². The Kier molecular flexibility index (Phi) is 3.94. The molecule has 2 rings (SSSR count). The highest BCUT2D eigenvalue weighted by Gasteiger charge is 2.30. The van der Waals surface area contributed by atoms with Crippen molar-refractivity contribution in [3.63, 3.8) is 0 Å². The van der Waals surface area contributed by atoms with Crippen LogP contribution in [0.2, 0.25) is 0 Å². The molecule has 1 aliphatic rings. The first-order chi connectivity index (χ1) is 8.93. The van der Waals surface area contributed by atoms with Gasteiger partial charge in [-0.25, -0.2) is 0 Å². The van der Waals surface area contributed by atoms with Crippen LogP contribution in [-0.4, -0.2) is 46.3 Å². The fourth-order valence-corrected chi connectivity index (χ4v) is 2.56. The Morgan fingerprint density at radius 1 is 1.42 bits per heavy atom. The summed E-state index contributed by atoms with van der Waals surface area (Å²) in [5.41, 5.74) is 2.18. The highest BCUT2D eigenvalue weighted by Crippen LogP contribution is 2.21. The van der Waals surface area contributed by atoms with E-state index in [0.717, 1.165) is 37.3 Å². The normalized spacial score (nSPS) is 18.6. The molecule has 0 bridgehead atoms. The third kappa shape index (κ3) is 3.15. The Hall–Kier alpha value is -1.36. The second-order valence-corrected chi connectivity index (χ2v) is 5.78. The van der Waals surface area contributed by atoms with E-state index in [4.69, 9.17) is 0 Å². The number of carbonyl (C=O) groups is 1. The molecule has 0 radical (unpaired) electrons. The molecular formula is C14H24N4O. The van der Waals surface area contributed by atoms with E-state index in [1.807, 2.05) is 31.9 Å². The van der Waals surface area contributed by atoms with Crippen LogP contribution in [0.3, 0.4) is 0 Å². The van der Waals surface area contributed by atoms with Gasteiger partial charge in [0, 0.05) is 24.3 Å². The zero-order valence-corrected chi connectivity index (χ0v) is 12.4. The number of amides is 1. The number of hydrogen-bond acceptors (Lipinski definition) is 3. The fourth-order valence-electron chi connectivity index (χ4n) is 2.56. The smallest absolute Gasteiger partial charge is 0.244 e. The SMILES string of the molecule is CNC1(C)CCN(C(=O)Cn2nc(C)cc2C)CC1. The van der Waals surface area contributed by atoms with E-state index in [9.17, 15) is 4.79 Å². The van der Waals surface area contributed by atoms with Gasteiger partial charge in [0.15, 0.2) is 0 Å². The summed E-state index contributed by atoms with van der Waals surface area (Å²) in [5.74, 6) is 0.171. The predicted octanol–water partition coefficient (Wildman–Crippen LogP) is 1.10. The first kappa shape index (κ1) is 14.1. The molecule has 1 N–H and O–H groups in total. The van der Waals surface area contributed by atoms with E-state index in [-0.39, 0.29) is 11.4 Å². The molecular weight excluding hydrogens is 240 g/mol. The minimum Gasteiger partial charge on any atom is -0.341 e. The molecule has 0 aliphatic carbocycles. The Labute approximate surface area is 115 Å². The van der Waals surface area contributed by atoms with Gasteiger partial charge in [-0.1, -0.05) is 0 Å². The fraction of sp³-hybridized carbons (Fsp3) is 0.714. The van der Waals surface area contributed by atoms with Crippen molar-refractivity contribution in [2.45, 2.75) is 45.7 Å². The molecule has 0 unspecified atom stereocenters. The Morgan fingerprint density at radius 3 is 2.53 bits per heavy atom. The van der Waals surface area contributed by atoms with E-state index in [1.165, 1.54) is 0 Å². The number of aromatic nitrogens is 2. The van der Waals surface area contributed by atoms with Gasteiger partial charge in [0.2, 0.25) is 5.91 Å². The molecule has 5 nitrogen and oxygen atoms in total.